The van der Waals surface area contributed by atoms with Gasteiger partial charge in [0.05, 0.1) is 28.3 Å². The zero-order chi connectivity index (χ0) is 33.0. The van der Waals surface area contributed by atoms with Gasteiger partial charge in [-0.1, -0.05) is 39.0 Å². The minimum Gasteiger partial charge on any atom is -0.475 e. The van der Waals surface area contributed by atoms with Crippen molar-refractivity contribution in [3.8, 4) is 0 Å². The van der Waals surface area contributed by atoms with Crippen molar-refractivity contribution in [1.82, 2.24) is 0 Å². The molecule has 0 aliphatic carbocycles. The van der Waals surface area contributed by atoms with Crippen LogP contribution in [0.1, 0.15) is 48.6 Å². The van der Waals surface area contributed by atoms with E-state index in [9.17, 15) is 52.7 Å². The zero-order valence-electron chi connectivity index (χ0n) is 22.9. The van der Waals surface area contributed by atoms with Crippen LogP contribution >= 0.6 is 7.92 Å². The Hall–Kier alpha value is -3.28. The molecule has 1 aliphatic heterocycles. The molecule has 1 atom stereocenters. The van der Waals surface area contributed by atoms with Crippen LogP contribution in [0.2, 0.25) is 0 Å². The number of rotatable bonds is 4. The van der Waals surface area contributed by atoms with E-state index in [1.165, 1.54) is 24.3 Å². The molecule has 2 nitrogen and oxygen atoms in total. The third kappa shape index (κ3) is 7.33. The molecule has 3 aromatic rings. The van der Waals surface area contributed by atoms with Gasteiger partial charge in [-0.05, 0) is 71.7 Å². The summed E-state index contributed by atoms with van der Waals surface area (Å²) in [5.74, 6) is -0.0981. The van der Waals surface area contributed by atoms with Crippen LogP contribution in [0.3, 0.4) is 0 Å². The van der Waals surface area contributed by atoms with Crippen LogP contribution in [0.4, 0.5) is 52.7 Å². The molecule has 15 heteroatoms. The van der Waals surface area contributed by atoms with Crippen molar-refractivity contribution < 1.29 is 57.4 Å². The molecule has 0 bridgehead atoms. The molecule has 1 heterocycles. The van der Waals surface area contributed by atoms with E-state index in [2.05, 4.69) is 4.99 Å². The molecule has 0 spiro atoms. The van der Waals surface area contributed by atoms with Crippen LogP contribution in [0.5, 0.6) is 0 Å². The number of alkyl halides is 12. The number of ether oxygens (including phenoxy) is 1. The molecule has 0 aromatic heterocycles. The average molecular weight is 659 g/mol. The predicted octanol–water partition coefficient (Wildman–Crippen LogP) is 8.71. The fraction of sp³-hybridized carbons (Fsp3) is 0.345. The lowest BCUT2D eigenvalue weighted by Crippen LogP contribution is -2.29. The molecule has 44 heavy (non-hydrogen) atoms. The molecule has 3 aromatic carbocycles. The maximum atomic E-state index is 13.8. The number of nitrogens with zero attached hydrogens (tertiary/aromatic N) is 1. The summed E-state index contributed by atoms with van der Waals surface area (Å²) in [7, 11) is -2.94. The van der Waals surface area contributed by atoms with Crippen molar-refractivity contribution in [3.63, 3.8) is 0 Å². The van der Waals surface area contributed by atoms with Gasteiger partial charge in [-0.15, -0.1) is 0 Å². The Labute approximate surface area is 244 Å². The number of benzene rings is 3. The Balaban J connectivity index is 2.11. The van der Waals surface area contributed by atoms with Crippen molar-refractivity contribution in [1.29, 1.82) is 0 Å². The number of halogens is 12. The zero-order valence-corrected chi connectivity index (χ0v) is 23.8. The van der Waals surface area contributed by atoms with Gasteiger partial charge in [-0.2, -0.15) is 52.7 Å². The maximum Gasteiger partial charge on any atom is 0.416 e. The average Bonchev–Trinajstić information content (AvgIpc) is 3.38. The lowest BCUT2D eigenvalue weighted by atomic mass is 9.88. The number of aliphatic imine (C=N–C) groups is 1. The van der Waals surface area contributed by atoms with Gasteiger partial charge in [0.15, 0.2) is 0 Å². The molecule has 0 N–H and O–H groups in total. The molecule has 0 amide bonds. The normalized spacial score (nSPS) is 16.7. The number of hydrogen-bond donors (Lipinski definition) is 0. The highest BCUT2D eigenvalue weighted by Gasteiger charge is 2.41. The quantitative estimate of drug-likeness (QED) is 0.203. The minimum atomic E-state index is -5.33. The molecule has 1 unspecified atom stereocenters. The van der Waals surface area contributed by atoms with Gasteiger partial charge in [0, 0.05) is 5.56 Å². The van der Waals surface area contributed by atoms with E-state index >= 15 is 0 Å². The van der Waals surface area contributed by atoms with E-state index in [0.717, 1.165) is 0 Å². The summed E-state index contributed by atoms with van der Waals surface area (Å²) in [6.07, 6.45) is -21.3. The van der Waals surface area contributed by atoms with Gasteiger partial charge >= 0.3 is 24.7 Å². The second-order valence-electron chi connectivity index (χ2n) is 11.0. The highest BCUT2D eigenvalue weighted by molar-refractivity contribution is 7.80. The van der Waals surface area contributed by atoms with Gasteiger partial charge in [-0.3, -0.25) is 0 Å². The first-order valence-corrected chi connectivity index (χ1v) is 14.0. The summed E-state index contributed by atoms with van der Waals surface area (Å²) in [5, 5.41) is -1.73. The van der Waals surface area contributed by atoms with Crippen molar-refractivity contribution in [2.45, 2.75) is 51.5 Å². The lowest BCUT2D eigenvalue weighted by molar-refractivity contribution is -0.144. The maximum absolute atomic E-state index is 13.8. The topological polar surface area (TPSA) is 21.6 Å². The summed E-state index contributed by atoms with van der Waals surface area (Å²) in [5.41, 5.74) is -7.57. The fourth-order valence-corrected chi connectivity index (χ4v) is 6.95. The molecule has 0 radical (unpaired) electrons. The fourth-order valence-electron chi connectivity index (χ4n) is 4.38. The summed E-state index contributed by atoms with van der Waals surface area (Å²) >= 11 is 0. The summed E-state index contributed by atoms with van der Waals surface area (Å²) in [6.45, 7) is 5.52. The molecular formula is C29H22F12NOP. The Kier molecular flexibility index (Phi) is 8.60. The molecule has 1 aliphatic rings. The van der Waals surface area contributed by atoms with Crippen LogP contribution in [-0.4, -0.2) is 18.5 Å². The number of hydrogen-bond acceptors (Lipinski definition) is 2. The Bertz CT molecular complexity index is 1420. The first kappa shape index (κ1) is 33.6. The van der Waals surface area contributed by atoms with Crippen LogP contribution < -0.4 is 15.9 Å². The van der Waals surface area contributed by atoms with Crippen LogP contribution in [0, 0.1) is 5.41 Å². The van der Waals surface area contributed by atoms with Gasteiger partial charge < -0.3 is 4.74 Å². The SMILES string of the molecule is CC(C)(C)C1COC(c2ccccc2P(c2cc(C(F)(F)F)cc(C(F)(F)F)c2)c2cc(C(F)(F)F)cc(C(F)(F)F)c2)=N1. The molecule has 4 rings (SSSR count). The third-order valence-corrected chi connectivity index (χ3v) is 9.11. The molecule has 238 valence electrons. The molecule has 0 saturated heterocycles. The van der Waals surface area contributed by atoms with E-state index < -0.39 is 76.9 Å². The Morgan fingerprint density at radius 3 is 1.34 bits per heavy atom. The second kappa shape index (κ2) is 11.3. The second-order valence-corrected chi connectivity index (χ2v) is 13.2. The Morgan fingerprint density at radius 1 is 0.614 bits per heavy atom. The molecular weight excluding hydrogens is 637 g/mol. The van der Waals surface area contributed by atoms with Crippen molar-refractivity contribution in [2.24, 2.45) is 10.4 Å². The van der Waals surface area contributed by atoms with E-state index in [1.54, 1.807) is 0 Å². The predicted molar refractivity (Wildman–Crippen MR) is 141 cm³/mol. The molecule has 0 fully saturated rings. The standard InChI is InChI=1S/C29H22F12NOP/c1-25(2,3)23-14-43-24(42-23)21-6-4-5-7-22(21)44(19-10-15(26(30,31)32)8-16(11-19)27(33,34)35)20-12-17(28(36,37)38)9-18(13-20)29(39,40)41/h4-13,23H,14H2,1-3H3. The van der Waals surface area contributed by atoms with Gasteiger partial charge in [0.25, 0.3) is 0 Å². The van der Waals surface area contributed by atoms with Crippen molar-refractivity contribution >= 4 is 29.7 Å². The van der Waals surface area contributed by atoms with Crippen LogP contribution in [0.25, 0.3) is 0 Å². The lowest BCUT2D eigenvalue weighted by Gasteiger charge is -2.25. The van der Waals surface area contributed by atoms with Crippen LogP contribution in [-0.2, 0) is 29.4 Å². The monoisotopic (exact) mass is 659 g/mol. The van der Waals surface area contributed by atoms with E-state index in [4.69, 9.17) is 4.74 Å². The largest absolute Gasteiger partial charge is 0.475 e. The van der Waals surface area contributed by atoms with Crippen molar-refractivity contribution in [3.05, 3.63) is 88.5 Å². The highest BCUT2D eigenvalue weighted by Crippen LogP contribution is 2.44. The van der Waals surface area contributed by atoms with Crippen LogP contribution in [0.15, 0.2) is 65.7 Å². The van der Waals surface area contributed by atoms with E-state index in [1.807, 2.05) is 20.8 Å². The molecule has 0 saturated carbocycles. The summed E-state index contributed by atoms with van der Waals surface area (Å²) < 4.78 is 172. The first-order valence-electron chi connectivity index (χ1n) is 12.7. The first-order chi connectivity index (χ1) is 20.0. The minimum absolute atomic E-state index is 0.00213. The third-order valence-electron chi connectivity index (χ3n) is 6.69. The Morgan fingerprint density at radius 2 is 1.00 bits per heavy atom. The smallest absolute Gasteiger partial charge is 0.416 e. The summed E-state index contributed by atoms with van der Waals surface area (Å²) in [4.78, 5) is 4.47. The highest BCUT2D eigenvalue weighted by atomic mass is 31.1. The van der Waals surface area contributed by atoms with Gasteiger partial charge in [0.1, 0.15) is 6.61 Å². The van der Waals surface area contributed by atoms with E-state index in [0.29, 0.717) is 24.3 Å². The summed E-state index contributed by atoms with van der Waals surface area (Å²) in [6, 6.07) is 5.70. The van der Waals surface area contributed by atoms with Gasteiger partial charge in [-0.25, -0.2) is 4.99 Å². The van der Waals surface area contributed by atoms with E-state index in [-0.39, 0.29) is 35.5 Å². The van der Waals surface area contributed by atoms with Crippen molar-refractivity contribution in [2.75, 3.05) is 6.61 Å². The van der Waals surface area contributed by atoms with Gasteiger partial charge in [0.2, 0.25) is 5.90 Å².